The highest BCUT2D eigenvalue weighted by atomic mass is 16.3. The van der Waals surface area contributed by atoms with Crippen LogP contribution in [0.2, 0.25) is 0 Å². The third kappa shape index (κ3) is 4.81. The van der Waals surface area contributed by atoms with Crippen LogP contribution < -0.4 is 4.90 Å². The molecule has 0 radical (unpaired) electrons. The molecule has 0 saturated heterocycles. The molecule has 0 saturated carbocycles. The molecule has 1 heterocycles. The molecular formula is C57H39NO. The predicted octanol–water partition coefficient (Wildman–Crippen LogP) is 15.1. The summed E-state index contributed by atoms with van der Waals surface area (Å²) in [6.45, 7) is 4.54. The quantitative estimate of drug-likeness (QED) is 0.174. The van der Waals surface area contributed by atoms with Crippen molar-refractivity contribution >= 4 is 56.6 Å². The molecule has 7 aromatic carbocycles. The molecule has 1 spiro atoms. The maximum Gasteiger partial charge on any atom is 0.136 e. The Labute approximate surface area is 344 Å². The molecule has 4 aliphatic carbocycles. The van der Waals surface area contributed by atoms with Crippen molar-refractivity contribution in [3.05, 3.63) is 238 Å². The second-order valence-electron chi connectivity index (χ2n) is 16.1. The first-order valence-corrected chi connectivity index (χ1v) is 20.5. The van der Waals surface area contributed by atoms with Crippen molar-refractivity contribution in [2.75, 3.05) is 4.90 Å². The van der Waals surface area contributed by atoms with Crippen LogP contribution in [-0.4, -0.2) is 0 Å². The molecule has 1 unspecified atom stereocenters. The number of hydrogen-bond donors (Lipinski definition) is 0. The van der Waals surface area contributed by atoms with E-state index in [0.717, 1.165) is 38.8 Å². The molecule has 0 bridgehead atoms. The average molecular weight is 754 g/mol. The minimum atomic E-state index is -0.641. The molecule has 8 aromatic rings. The Balaban J connectivity index is 1.21. The SMILES string of the molecule is Cc1ccc(-c2ccccc2)c(N(C2=CC=C3C(=Cc4ccccc43)C23C=CC=C2C3=Cc3ccccc32)c2ccccc2-c2cccc3oc4ccccc4c23)c1C. The Morgan fingerprint density at radius 1 is 0.492 bits per heavy atom. The summed E-state index contributed by atoms with van der Waals surface area (Å²) < 4.78 is 6.51. The van der Waals surface area contributed by atoms with Crippen LogP contribution >= 0.6 is 0 Å². The maximum absolute atomic E-state index is 6.51. The molecule has 0 N–H and O–H groups in total. The van der Waals surface area contributed by atoms with E-state index in [1.54, 1.807) is 0 Å². The smallest absolute Gasteiger partial charge is 0.136 e. The first-order valence-electron chi connectivity index (χ1n) is 20.5. The number of allylic oxidation sites excluding steroid dienone is 7. The topological polar surface area (TPSA) is 16.4 Å². The molecule has 2 heteroatoms. The molecule has 59 heavy (non-hydrogen) atoms. The van der Waals surface area contributed by atoms with Crippen molar-refractivity contribution < 1.29 is 4.42 Å². The summed E-state index contributed by atoms with van der Waals surface area (Å²) in [6.07, 6.45) is 16.8. The van der Waals surface area contributed by atoms with Gasteiger partial charge in [0.25, 0.3) is 0 Å². The highest BCUT2D eigenvalue weighted by molar-refractivity contribution is 6.14. The molecule has 1 atom stereocenters. The van der Waals surface area contributed by atoms with Gasteiger partial charge in [-0.05, 0) is 117 Å². The number of aryl methyl sites for hydroxylation is 1. The summed E-state index contributed by atoms with van der Waals surface area (Å²) in [7, 11) is 0. The predicted molar refractivity (Wildman–Crippen MR) is 247 cm³/mol. The van der Waals surface area contributed by atoms with Gasteiger partial charge in [0.2, 0.25) is 0 Å². The minimum Gasteiger partial charge on any atom is -0.456 e. The van der Waals surface area contributed by atoms with Crippen LogP contribution in [0.1, 0.15) is 33.4 Å². The van der Waals surface area contributed by atoms with Crippen molar-refractivity contribution in [1.29, 1.82) is 0 Å². The second kappa shape index (κ2) is 12.8. The van der Waals surface area contributed by atoms with Crippen LogP contribution in [0.15, 0.2) is 209 Å². The lowest BCUT2D eigenvalue weighted by Gasteiger charge is -2.47. The van der Waals surface area contributed by atoms with E-state index in [4.69, 9.17) is 4.42 Å². The highest BCUT2D eigenvalue weighted by Gasteiger charge is 2.51. The first-order chi connectivity index (χ1) is 29.1. The van der Waals surface area contributed by atoms with Crippen molar-refractivity contribution in [3.63, 3.8) is 0 Å². The van der Waals surface area contributed by atoms with Crippen molar-refractivity contribution in [1.82, 2.24) is 0 Å². The lowest BCUT2D eigenvalue weighted by atomic mass is 9.63. The summed E-state index contributed by atoms with van der Waals surface area (Å²) in [6, 6.07) is 57.1. The third-order valence-corrected chi connectivity index (χ3v) is 13.0. The highest BCUT2D eigenvalue weighted by Crippen LogP contribution is 2.64. The lowest BCUT2D eigenvalue weighted by molar-refractivity contribution is 0.669. The molecule has 0 fully saturated rings. The van der Waals surface area contributed by atoms with E-state index >= 15 is 0 Å². The van der Waals surface area contributed by atoms with Gasteiger partial charge in [-0.25, -0.2) is 0 Å². The molecule has 2 nitrogen and oxygen atoms in total. The third-order valence-electron chi connectivity index (χ3n) is 13.0. The van der Waals surface area contributed by atoms with E-state index in [1.165, 1.54) is 78.2 Å². The summed E-state index contributed by atoms with van der Waals surface area (Å²) >= 11 is 0. The van der Waals surface area contributed by atoms with Gasteiger partial charge in [0, 0.05) is 27.6 Å². The maximum atomic E-state index is 6.51. The summed E-state index contributed by atoms with van der Waals surface area (Å²) in [5.74, 6) is 0. The number of para-hydroxylation sites is 2. The van der Waals surface area contributed by atoms with Crippen LogP contribution in [0, 0.1) is 19.3 Å². The first kappa shape index (κ1) is 33.7. The fraction of sp³-hybridized carbons (Fsp3) is 0.0526. The van der Waals surface area contributed by atoms with Crippen molar-refractivity contribution in [3.8, 4) is 22.3 Å². The number of benzene rings is 7. The zero-order valence-electron chi connectivity index (χ0n) is 32.9. The van der Waals surface area contributed by atoms with E-state index < -0.39 is 5.41 Å². The fourth-order valence-corrected chi connectivity index (χ4v) is 10.2. The van der Waals surface area contributed by atoms with E-state index in [-0.39, 0.29) is 0 Å². The lowest BCUT2D eigenvalue weighted by Crippen LogP contribution is -2.37. The van der Waals surface area contributed by atoms with Gasteiger partial charge in [-0.15, -0.1) is 0 Å². The number of anilines is 2. The van der Waals surface area contributed by atoms with E-state index in [9.17, 15) is 0 Å². The summed E-state index contributed by atoms with van der Waals surface area (Å²) in [4.78, 5) is 2.62. The molecule has 12 rings (SSSR count). The molecule has 0 amide bonds. The number of rotatable bonds is 5. The number of fused-ring (bicyclic) bond motifs is 11. The zero-order chi connectivity index (χ0) is 39.2. The monoisotopic (exact) mass is 753 g/mol. The molecule has 1 aromatic heterocycles. The van der Waals surface area contributed by atoms with Crippen LogP contribution in [0.5, 0.6) is 0 Å². The van der Waals surface area contributed by atoms with Gasteiger partial charge in [-0.2, -0.15) is 0 Å². The molecule has 0 aliphatic heterocycles. The Bertz CT molecular complexity index is 3270. The van der Waals surface area contributed by atoms with Gasteiger partial charge < -0.3 is 9.32 Å². The van der Waals surface area contributed by atoms with Gasteiger partial charge in [0.15, 0.2) is 0 Å². The average Bonchev–Trinajstić information content (AvgIpc) is 3.99. The van der Waals surface area contributed by atoms with Gasteiger partial charge in [-0.3, -0.25) is 0 Å². The number of nitrogens with zero attached hydrogens (tertiary/aromatic N) is 1. The van der Waals surface area contributed by atoms with Crippen LogP contribution in [0.25, 0.3) is 67.5 Å². The van der Waals surface area contributed by atoms with Gasteiger partial charge in [-0.1, -0.05) is 164 Å². The van der Waals surface area contributed by atoms with E-state index in [2.05, 4.69) is 219 Å². The van der Waals surface area contributed by atoms with Crippen LogP contribution in [-0.2, 0) is 0 Å². The van der Waals surface area contributed by atoms with E-state index in [1.807, 2.05) is 0 Å². The van der Waals surface area contributed by atoms with Crippen LogP contribution in [0.3, 0.4) is 0 Å². The molecular weight excluding hydrogens is 715 g/mol. The summed E-state index contributed by atoms with van der Waals surface area (Å²) in [5, 5.41) is 2.24. The Kier molecular flexibility index (Phi) is 7.31. The number of hydrogen-bond acceptors (Lipinski definition) is 2. The zero-order valence-corrected chi connectivity index (χ0v) is 32.9. The van der Waals surface area contributed by atoms with Crippen molar-refractivity contribution in [2.45, 2.75) is 13.8 Å². The Morgan fingerprint density at radius 2 is 1.12 bits per heavy atom. The van der Waals surface area contributed by atoms with Crippen molar-refractivity contribution in [2.24, 2.45) is 5.41 Å². The normalized spacial score (nSPS) is 17.2. The van der Waals surface area contributed by atoms with Crippen LogP contribution in [0.4, 0.5) is 11.4 Å². The van der Waals surface area contributed by atoms with Gasteiger partial charge in [0.05, 0.1) is 16.8 Å². The standard InChI is InChI=1S/C57H39NO/c1-36-29-30-43(38-16-4-3-5-17-38)56(37(36)2)58(51-26-12-10-22-46(51)47-24-14-28-53-55(47)48-23-11-13-27-52(48)59-53)54-32-31-45-42-21-9-7-19-40(42)35-50(45)57(54)33-15-25-44-41-20-8-6-18-39(41)34-49(44)57/h3-35H,1-2H3. The van der Waals surface area contributed by atoms with Gasteiger partial charge in [0.1, 0.15) is 11.2 Å². The Morgan fingerprint density at radius 3 is 1.90 bits per heavy atom. The minimum absolute atomic E-state index is 0.641. The summed E-state index contributed by atoms with van der Waals surface area (Å²) in [5.41, 5.74) is 21.9. The molecule has 278 valence electrons. The Hall–Kier alpha value is -7.42. The fourth-order valence-electron chi connectivity index (χ4n) is 10.2. The second-order valence-corrected chi connectivity index (χ2v) is 16.1. The van der Waals surface area contributed by atoms with E-state index in [0.29, 0.717) is 0 Å². The molecule has 4 aliphatic rings. The van der Waals surface area contributed by atoms with Gasteiger partial charge >= 0.3 is 0 Å². The number of furan rings is 1. The largest absolute Gasteiger partial charge is 0.456 e.